The molecule has 1 aliphatic heterocycles. The third-order valence-electron chi connectivity index (χ3n) is 2.33. The van der Waals surface area contributed by atoms with Crippen LogP contribution >= 0.6 is 0 Å². The molecule has 0 N–H and O–H groups in total. The van der Waals surface area contributed by atoms with Gasteiger partial charge in [0.2, 0.25) is 0 Å². The first-order chi connectivity index (χ1) is 5.63. The summed E-state index contributed by atoms with van der Waals surface area (Å²) in [6, 6.07) is 0.265. The lowest BCUT2D eigenvalue weighted by Crippen LogP contribution is -2.40. The van der Waals surface area contributed by atoms with Crippen molar-refractivity contribution in [1.82, 2.24) is 4.90 Å². The van der Waals surface area contributed by atoms with Crippen LogP contribution in [0.15, 0.2) is 0 Å². The van der Waals surface area contributed by atoms with E-state index in [4.69, 9.17) is 4.74 Å². The van der Waals surface area contributed by atoms with Gasteiger partial charge >= 0.3 is 0 Å². The van der Waals surface area contributed by atoms with E-state index in [1.54, 1.807) is 4.90 Å². The fraction of sp³-hybridized carbons (Fsp3) is 0.889. The summed E-state index contributed by atoms with van der Waals surface area (Å²) in [5, 5.41) is 0. The van der Waals surface area contributed by atoms with Crippen molar-refractivity contribution in [3.63, 3.8) is 0 Å². The molecule has 1 heterocycles. The summed E-state index contributed by atoms with van der Waals surface area (Å²) in [6.45, 7) is 4.75. The Labute approximate surface area is 73.7 Å². The number of likely N-dealkylation sites (N-methyl/N-ethyl adjacent to an activating group) is 1. The minimum Gasteiger partial charge on any atom is -0.368 e. The summed E-state index contributed by atoms with van der Waals surface area (Å²) >= 11 is 0. The molecule has 1 fully saturated rings. The van der Waals surface area contributed by atoms with Gasteiger partial charge in [-0.05, 0) is 26.7 Å². The Balaban J connectivity index is 2.45. The summed E-state index contributed by atoms with van der Waals surface area (Å²) in [4.78, 5) is 13.3. The number of nitrogens with zero attached hydrogens (tertiary/aromatic N) is 1. The Morgan fingerprint density at radius 2 is 2.25 bits per heavy atom. The van der Waals surface area contributed by atoms with E-state index in [1.165, 1.54) is 0 Å². The molecule has 0 spiro atoms. The molecule has 0 radical (unpaired) electrons. The third-order valence-corrected chi connectivity index (χ3v) is 2.33. The Kier molecular flexibility index (Phi) is 3.09. The highest BCUT2D eigenvalue weighted by atomic mass is 16.5. The van der Waals surface area contributed by atoms with Crippen molar-refractivity contribution in [3.8, 4) is 0 Å². The van der Waals surface area contributed by atoms with Crippen LogP contribution in [0.2, 0.25) is 0 Å². The van der Waals surface area contributed by atoms with Gasteiger partial charge in [0.25, 0.3) is 5.91 Å². The van der Waals surface area contributed by atoms with Gasteiger partial charge in [0.15, 0.2) is 0 Å². The van der Waals surface area contributed by atoms with Crippen LogP contribution < -0.4 is 0 Å². The van der Waals surface area contributed by atoms with Crippen LogP contribution in [0.3, 0.4) is 0 Å². The van der Waals surface area contributed by atoms with Crippen LogP contribution in [0.25, 0.3) is 0 Å². The average molecular weight is 171 g/mol. The molecule has 3 nitrogen and oxygen atoms in total. The first kappa shape index (κ1) is 9.52. The average Bonchev–Trinajstić information content (AvgIpc) is 2.53. The maximum Gasteiger partial charge on any atom is 0.251 e. The predicted octanol–water partition coefficient (Wildman–Crippen LogP) is 1.03. The van der Waals surface area contributed by atoms with E-state index in [2.05, 4.69) is 0 Å². The van der Waals surface area contributed by atoms with E-state index in [9.17, 15) is 4.79 Å². The topological polar surface area (TPSA) is 29.5 Å². The molecule has 1 rings (SSSR count). The summed E-state index contributed by atoms with van der Waals surface area (Å²) in [5.41, 5.74) is 0. The van der Waals surface area contributed by atoms with Gasteiger partial charge in [-0.25, -0.2) is 0 Å². The molecule has 1 saturated heterocycles. The van der Waals surface area contributed by atoms with E-state index < -0.39 is 0 Å². The molecule has 12 heavy (non-hydrogen) atoms. The molecule has 0 unspecified atom stereocenters. The van der Waals surface area contributed by atoms with Gasteiger partial charge in [0.1, 0.15) is 6.10 Å². The van der Waals surface area contributed by atoms with Gasteiger partial charge in [-0.3, -0.25) is 4.79 Å². The van der Waals surface area contributed by atoms with Crippen molar-refractivity contribution in [2.24, 2.45) is 0 Å². The van der Waals surface area contributed by atoms with Crippen LogP contribution in [0.1, 0.15) is 26.7 Å². The molecule has 1 amide bonds. The quantitative estimate of drug-likeness (QED) is 0.621. The fourth-order valence-electron chi connectivity index (χ4n) is 1.25. The lowest BCUT2D eigenvalue weighted by molar-refractivity contribution is -0.141. The van der Waals surface area contributed by atoms with Gasteiger partial charge in [0, 0.05) is 19.7 Å². The van der Waals surface area contributed by atoms with Gasteiger partial charge < -0.3 is 9.64 Å². The Hall–Kier alpha value is -0.570. The monoisotopic (exact) mass is 171 g/mol. The molecule has 3 heteroatoms. The number of rotatable bonds is 2. The zero-order valence-electron chi connectivity index (χ0n) is 8.04. The van der Waals surface area contributed by atoms with E-state index in [0.29, 0.717) is 0 Å². The van der Waals surface area contributed by atoms with Crippen molar-refractivity contribution in [1.29, 1.82) is 0 Å². The van der Waals surface area contributed by atoms with Gasteiger partial charge in [0.05, 0.1) is 0 Å². The van der Waals surface area contributed by atoms with Crippen molar-refractivity contribution in [2.75, 3.05) is 13.7 Å². The number of ether oxygens (including phenoxy) is 1. The maximum atomic E-state index is 11.6. The van der Waals surface area contributed by atoms with Crippen molar-refractivity contribution < 1.29 is 9.53 Å². The van der Waals surface area contributed by atoms with E-state index in [0.717, 1.165) is 19.4 Å². The maximum absolute atomic E-state index is 11.6. The van der Waals surface area contributed by atoms with Crippen LogP contribution in [0.4, 0.5) is 0 Å². The molecular formula is C9H17NO2. The summed E-state index contributed by atoms with van der Waals surface area (Å²) in [5.74, 6) is 0.127. The SMILES string of the molecule is CC(C)N(C)C(=O)[C@H]1CCCO1. The fourth-order valence-corrected chi connectivity index (χ4v) is 1.25. The van der Waals surface area contributed by atoms with Crippen LogP contribution in [-0.4, -0.2) is 36.6 Å². The zero-order chi connectivity index (χ0) is 9.14. The molecule has 0 aromatic carbocycles. The molecule has 1 atom stereocenters. The minimum atomic E-state index is -0.169. The number of carbonyl (C=O) groups excluding carboxylic acids is 1. The largest absolute Gasteiger partial charge is 0.368 e. The molecule has 1 aliphatic rings. The summed E-state index contributed by atoms with van der Waals surface area (Å²) in [7, 11) is 1.83. The number of hydrogen-bond donors (Lipinski definition) is 0. The molecule has 0 aromatic heterocycles. The third kappa shape index (κ3) is 1.97. The normalized spacial score (nSPS) is 23.2. The molecular weight excluding hydrogens is 154 g/mol. The second-order valence-corrected chi connectivity index (χ2v) is 3.54. The van der Waals surface area contributed by atoms with Gasteiger partial charge in [-0.2, -0.15) is 0 Å². The predicted molar refractivity (Wildman–Crippen MR) is 46.9 cm³/mol. The molecule has 0 aliphatic carbocycles. The first-order valence-corrected chi connectivity index (χ1v) is 4.51. The Morgan fingerprint density at radius 1 is 1.58 bits per heavy atom. The first-order valence-electron chi connectivity index (χ1n) is 4.51. The highest BCUT2D eigenvalue weighted by molar-refractivity contribution is 5.81. The molecule has 0 aromatic rings. The Morgan fingerprint density at radius 3 is 2.67 bits per heavy atom. The zero-order valence-corrected chi connectivity index (χ0v) is 8.04. The lowest BCUT2D eigenvalue weighted by Gasteiger charge is -2.24. The van der Waals surface area contributed by atoms with Crippen LogP contribution in [-0.2, 0) is 9.53 Å². The van der Waals surface area contributed by atoms with Crippen molar-refractivity contribution in [2.45, 2.75) is 38.8 Å². The van der Waals surface area contributed by atoms with Crippen LogP contribution in [0, 0.1) is 0 Å². The minimum absolute atomic E-state index is 0.127. The Bertz CT molecular complexity index is 158. The lowest BCUT2D eigenvalue weighted by atomic mass is 10.2. The number of carbonyl (C=O) groups is 1. The number of amides is 1. The molecule has 70 valence electrons. The van der Waals surface area contributed by atoms with Gasteiger partial charge in [-0.1, -0.05) is 0 Å². The van der Waals surface area contributed by atoms with Crippen LogP contribution in [0.5, 0.6) is 0 Å². The molecule has 0 saturated carbocycles. The second kappa shape index (κ2) is 3.90. The van der Waals surface area contributed by atoms with Gasteiger partial charge in [-0.15, -0.1) is 0 Å². The van der Waals surface area contributed by atoms with Crippen molar-refractivity contribution >= 4 is 5.91 Å². The van der Waals surface area contributed by atoms with E-state index in [-0.39, 0.29) is 18.1 Å². The summed E-state index contributed by atoms with van der Waals surface area (Å²) < 4.78 is 5.29. The number of hydrogen-bond acceptors (Lipinski definition) is 2. The standard InChI is InChI=1S/C9H17NO2/c1-7(2)10(3)9(11)8-5-4-6-12-8/h7-8H,4-6H2,1-3H3/t8-/m1/s1. The van der Waals surface area contributed by atoms with Crippen molar-refractivity contribution in [3.05, 3.63) is 0 Å². The highest BCUT2D eigenvalue weighted by Crippen LogP contribution is 2.14. The highest BCUT2D eigenvalue weighted by Gasteiger charge is 2.27. The smallest absolute Gasteiger partial charge is 0.251 e. The van der Waals surface area contributed by atoms with E-state index >= 15 is 0 Å². The summed E-state index contributed by atoms with van der Waals surface area (Å²) in [6.07, 6.45) is 1.73. The van der Waals surface area contributed by atoms with E-state index in [1.807, 2.05) is 20.9 Å². The second-order valence-electron chi connectivity index (χ2n) is 3.54. The molecule has 0 bridgehead atoms.